The first-order valence-corrected chi connectivity index (χ1v) is 6.76. The monoisotopic (exact) mass is 265 g/mol. The van der Waals surface area contributed by atoms with Crippen LogP contribution in [0.3, 0.4) is 0 Å². The number of benzene rings is 1. The van der Waals surface area contributed by atoms with Crippen LogP contribution in [-0.2, 0) is 0 Å². The highest BCUT2D eigenvalue weighted by Crippen LogP contribution is 2.29. The van der Waals surface area contributed by atoms with Gasteiger partial charge in [0.25, 0.3) is 0 Å². The van der Waals surface area contributed by atoms with E-state index in [0.717, 1.165) is 22.4 Å². The second kappa shape index (κ2) is 5.93. The normalized spacial score (nSPS) is 15.2. The number of hydrogen-bond donors (Lipinski definition) is 2. The van der Waals surface area contributed by atoms with Crippen molar-refractivity contribution in [3.05, 3.63) is 28.8 Å². The predicted octanol–water partition coefficient (Wildman–Crippen LogP) is 3.12. The summed E-state index contributed by atoms with van der Waals surface area (Å²) in [5.41, 5.74) is 3.10. The number of methoxy groups -OCH3 is 1. The lowest BCUT2D eigenvalue weighted by molar-refractivity contribution is 0.120. The van der Waals surface area contributed by atoms with Crippen LogP contribution in [0.2, 0.25) is 0 Å². The van der Waals surface area contributed by atoms with Crippen molar-refractivity contribution in [1.82, 2.24) is 5.32 Å². The van der Waals surface area contributed by atoms with E-state index in [0.29, 0.717) is 0 Å². The molecule has 0 saturated carbocycles. The summed E-state index contributed by atoms with van der Waals surface area (Å²) in [6.07, 6.45) is -0.523. The zero-order chi connectivity index (χ0) is 14.8. The second-order valence-electron chi connectivity index (χ2n) is 6.30. The third kappa shape index (κ3) is 4.22. The summed E-state index contributed by atoms with van der Waals surface area (Å²) < 4.78 is 5.25. The van der Waals surface area contributed by atoms with Crippen LogP contribution in [0.15, 0.2) is 12.1 Å². The minimum Gasteiger partial charge on any atom is -0.497 e. The summed E-state index contributed by atoms with van der Waals surface area (Å²) in [7, 11) is 1.66. The molecule has 0 heterocycles. The minimum atomic E-state index is -0.523. The topological polar surface area (TPSA) is 41.5 Å². The quantitative estimate of drug-likeness (QED) is 0.879. The summed E-state index contributed by atoms with van der Waals surface area (Å²) in [5, 5.41) is 14.0. The molecule has 2 N–H and O–H groups in total. The van der Waals surface area contributed by atoms with Gasteiger partial charge in [0.2, 0.25) is 0 Å². The molecule has 0 radical (unpaired) electrons. The van der Waals surface area contributed by atoms with Crippen LogP contribution >= 0.6 is 0 Å². The Hall–Kier alpha value is -1.06. The van der Waals surface area contributed by atoms with E-state index in [4.69, 9.17) is 4.74 Å². The number of nitrogens with one attached hydrogen (secondary N) is 1. The first-order valence-electron chi connectivity index (χ1n) is 6.76. The first kappa shape index (κ1) is 16.0. The van der Waals surface area contributed by atoms with Crippen molar-refractivity contribution in [2.45, 2.75) is 59.2 Å². The molecule has 0 aromatic heterocycles. The van der Waals surface area contributed by atoms with Crippen molar-refractivity contribution in [2.24, 2.45) is 0 Å². The van der Waals surface area contributed by atoms with Crippen molar-refractivity contribution >= 4 is 0 Å². The number of hydrogen-bond acceptors (Lipinski definition) is 3. The van der Waals surface area contributed by atoms with Gasteiger partial charge in [0.1, 0.15) is 5.75 Å². The Labute approximate surface area is 117 Å². The van der Waals surface area contributed by atoms with Crippen LogP contribution in [-0.4, -0.2) is 23.8 Å². The zero-order valence-electron chi connectivity index (χ0n) is 13.2. The van der Waals surface area contributed by atoms with E-state index in [-0.39, 0.29) is 11.6 Å². The molecule has 0 spiro atoms. The minimum absolute atomic E-state index is 0.00852. The number of aryl methyl sites for hydroxylation is 2. The Morgan fingerprint density at radius 1 is 1.16 bits per heavy atom. The van der Waals surface area contributed by atoms with Gasteiger partial charge in [0.05, 0.1) is 13.2 Å². The summed E-state index contributed by atoms with van der Waals surface area (Å²) in [6, 6.07) is 3.93. The summed E-state index contributed by atoms with van der Waals surface area (Å²) in [4.78, 5) is 0. The van der Waals surface area contributed by atoms with Gasteiger partial charge in [-0.05, 0) is 70.4 Å². The highest BCUT2D eigenvalue weighted by molar-refractivity contribution is 5.42. The van der Waals surface area contributed by atoms with E-state index >= 15 is 0 Å². The van der Waals surface area contributed by atoms with E-state index in [1.807, 2.05) is 32.9 Å². The van der Waals surface area contributed by atoms with Crippen molar-refractivity contribution in [1.29, 1.82) is 0 Å². The lowest BCUT2D eigenvalue weighted by Crippen LogP contribution is -2.45. The molecule has 0 aliphatic rings. The van der Waals surface area contributed by atoms with Crippen molar-refractivity contribution < 1.29 is 9.84 Å². The molecule has 0 aliphatic heterocycles. The van der Waals surface area contributed by atoms with E-state index in [2.05, 4.69) is 26.1 Å². The largest absolute Gasteiger partial charge is 0.497 e. The Balaban J connectivity index is 3.03. The van der Waals surface area contributed by atoms with Gasteiger partial charge in [-0.3, -0.25) is 0 Å². The van der Waals surface area contributed by atoms with Crippen molar-refractivity contribution in [3.8, 4) is 5.75 Å². The Kier molecular flexibility index (Phi) is 4.99. The standard InChI is InChI=1S/C16H27NO2/c1-10-8-13(19-7)9-11(2)14(10)15(18)12(3)17-16(4,5)6/h8-9,12,15,17-18H,1-7H3. The number of aliphatic hydroxyl groups excluding tert-OH is 1. The third-order valence-corrected chi connectivity index (χ3v) is 3.23. The van der Waals surface area contributed by atoms with E-state index in [9.17, 15) is 5.11 Å². The van der Waals surface area contributed by atoms with Crippen molar-refractivity contribution in [3.63, 3.8) is 0 Å². The van der Waals surface area contributed by atoms with Gasteiger partial charge in [-0.2, -0.15) is 0 Å². The lowest BCUT2D eigenvalue weighted by atomic mass is 9.92. The van der Waals surface area contributed by atoms with Gasteiger partial charge in [-0.1, -0.05) is 0 Å². The molecule has 3 nitrogen and oxygen atoms in total. The van der Waals surface area contributed by atoms with Crippen LogP contribution in [0.1, 0.15) is 50.5 Å². The van der Waals surface area contributed by atoms with Crippen LogP contribution in [0.5, 0.6) is 5.75 Å². The molecule has 108 valence electrons. The molecule has 1 rings (SSSR count). The zero-order valence-corrected chi connectivity index (χ0v) is 13.2. The van der Waals surface area contributed by atoms with Crippen molar-refractivity contribution in [2.75, 3.05) is 7.11 Å². The fourth-order valence-electron chi connectivity index (χ4n) is 2.53. The molecule has 0 saturated heterocycles. The maximum atomic E-state index is 10.6. The number of rotatable bonds is 4. The second-order valence-corrected chi connectivity index (χ2v) is 6.30. The summed E-state index contributed by atoms with van der Waals surface area (Å²) in [6.45, 7) is 12.3. The van der Waals surface area contributed by atoms with E-state index < -0.39 is 6.10 Å². The average Bonchev–Trinajstić information content (AvgIpc) is 2.25. The van der Waals surface area contributed by atoms with Gasteiger partial charge in [-0.25, -0.2) is 0 Å². The molecule has 0 bridgehead atoms. The fraction of sp³-hybridized carbons (Fsp3) is 0.625. The van der Waals surface area contributed by atoms with Gasteiger partial charge in [-0.15, -0.1) is 0 Å². The molecule has 0 aliphatic carbocycles. The summed E-state index contributed by atoms with van der Waals surface area (Å²) >= 11 is 0. The molecule has 2 atom stereocenters. The van der Waals surface area contributed by atoms with Crippen LogP contribution in [0.25, 0.3) is 0 Å². The molecule has 0 amide bonds. The summed E-state index contributed by atoms with van der Waals surface area (Å²) in [5.74, 6) is 0.836. The van der Waals surface area contributed by atoms with Gasteiger partial charge >= 0.3 is 0 Å². The maximum absolute atomic E-state index is 10.6. The predicted molar refractivity (Wildman–Crippen MR) is 79.8 cm³/mol. The Bertz CT molecular complexity index is 412. The SMILES string of the molecule is COc1cc(C)c(C(O)C(C)NC(C)(C)C)c(C)c1. The lowest BCUT2D eigenvalue weighted by Gasteiger charge is -2.31. The molecule has 3 heteroatoms. The molecular formula is C16H27NO2. The molecule has 2 unspecified atom stereocenters. The Morgan fingerprint density at radius 2 is 1.63 bits per heavy atom. The Morgan fingerprint density at radius 3 is 2.00 bits per heavy atom. The molecule has 1 aromatic rings. The molecule has 0 fully saturated rings. The van der Waals surface area contributed by atoms with Crippen LogP contribution in [0, 0.1) is 13.8 Å². The average molecular weight is 265 g/mol. The highest BCUT2D eigenvalue weighted by Gasteiger charge is 2.24. The molecular weight excluding hydrogens is 238 g/mol. The maximum Gasteiger partial charge on any atom is 0.119 e. The van der Waals surface area contributed by atoms with E-state index in [1.54, 1.807) is 7.11 Å². The van der Waals surface area contributed by atoms with Crippen LogP contribution < -0.4 is 10.1 Å². The van der Waals surface area contributed by atoms with E-state index in [1.165, 1.54) is 0 Å². The van der Waals surface area contributed by atoms with Crippen LogP contribution in [0.4, 0.5) is 0 Å². The number of ether oxygens (including phenoxy) is 1. The highest BCUT2D eigenvalue weighted by atomic mass is 16.5. The fourth-order valence-corrected chi connectivity index (χ4v) is 2.53. The van der Waals surface area contributed by atoms with Gasteiger partial charge in [0, 0.05) is 11.6 Å². The third-order valence-electron chi connectivity index (χ3n) is 3.23. The van der Waals surface area contributed by atoms with Gasteiger partial charge < -0.3 is 15.2 Å². The first-order chi connectivity index (χ1) is 8.65. The molecule has 19 heavy (non-hydrogen) atoms. The van der Waals surface area contributed by atoms with Gasteiger partial charge in [0.15, 0.2) is 0 Å². The smallest absolute Gasteiger partial charge is 0.119 e. The molecule has 1 aromatic carbocycles. The number of aliphatic hydroxyl groups is 1.